The van der Waals surface area contributed by atoms with Gasteiger partial charge in [-0.05, 0) is 6.92 Å². The van der Waals surface area contributed by atoms with Gasteiger partial charge in [0.05, 0.1) is 0 Å². The Kier molecular flexibility index (Phi) is 7.16. The van der Waals surface area contributed by atoms with Crippen LogP contribution in [0.5, 0.6) is 0 Å². The van der Waals surface area contributed by atoms with Gasteiger partial charge in [-0.25, -0.2) is 5.48 Å². The summed E-state index contributed by atoms with van der Waals surface area (Å²) in [5.74, 6) is -0.542. The zero-order valence-corrected chi connectivity index (χ0v) is 16.1. The summed E-state index contributed by atoms with van der Waals surface area (Å²) in [5.41, 5.74) is 0.276. The first-order valence-corrected chi connectivity index (χ1v) is 8.13. The molecule has 0 fully saturated rings. The highest BCUT2D eigenvalue weighted by molar-refractivity contribution is 5.88. The normalized spacial score (nSPS) is 13.1. The molecule has 0 aromatic rings. The third-order valence-electron chi connectivity index (χ3n) is 3.66. The van der Waals surface area contributed by atoms with Gasteiger partial charge in [-0.2, -0.15) is 0 Å². The predicted octanol–water partition coefficient (Wildman–Crippen LogP) is 3.46. The van der Waals surface area contributed by atoms with E-state index in [2.05, 4.69) is 5.48 Å². The summed E-state index contributed by atoms with van der Waals surface area (Å²) in [6.07, 6.45) is 0.132. The SMILES string of the molecule is CC(C)C(=O)NOC(C)(CC(=O)C(C)(C)C)CC(=O)C(C)(C)C. The summed E-state index contributed by atoms with van der Waals surface area (Å²) < 4.78 is 0. The average Bonchev–Trinajstić information content (AvgIpc) is 2.33. The fraction of sp³-hybridized carbons (Fsp3) is 0.833. The molecule has 0 unspecified atom stereocenters. The monoisotopic (exact) mass is 327 g/mol. The Bertz CT molecular complexity index is 425. The van der Waals surface area contributed by atoms with E-state index >= 15 is 0 Å². The number of hydroxylamine groups is 1. The van der Waals surface area contributed by atoms with Crippen molar-refractivity contribution in [1.29, 1.82) is 0 Å². The largest absolute Gasteiger partial charge is 0.299 e. The number of hydrogen-bond donors (Lipinski definition) is 1. The molecule has 1 N–H and O–H groups in total. The van der Waals surface area contributed by atoms with Crippen molar-refractivity contribution in [2.24, 2.45) is 16.7 Å². The van der Waals surface area contributed by atoms with Crippen molar-refractivity contribution in [2.45, 2.75) is 80.8 Å². The van der Waals surface area contributed by atoms with Gasteiger partial charge in [0.15, 0.2) is 0 Å². The van der Waals surface area contributed by atoms with Gasteiger partial charge in [0.25, 0.3) is 0 Å². The van der Waals surface area contributed by atoms with Gasteiger partial charge < -0.3 is 0 Å². The highest BCUT2D eigenvalue weighted by atomic mass is 16.7. The number of amides is 1. The van der Waals surface area contributed by atoms with Crippen LogP contribution in [0.4, 0.5) is 0 Å². The molecule has 0 atom stereocenters. The number of hydrogen-bond acceptors (Lipinski definition) is 4. The molecule has 0 aromatic heterocycles. The summed E-state index contributed by atoms with van der Waals surface area (Å²) in [7, 11) is 0. The first kappa shape index (κ1) is 21.8. The van der Waals surface area contributed by atoms with Crippen LogP contribution in [0.15, 0.2) is 0 Å². The summed E-state index contributed by atoms with van der Waals surface area (Å²) in [5, 5.41) is 0. The molecular formula is C18H33NO4. The Morgan fingerprint density at radius 2 is 1.17 bits per heavy atom. The van der Waals surface area contributed by atoms with Gasteiger partial charge in [-0.1, -0.05) is 55.4 Å². The Balaban J connectivity index is 5.23. The molecule has 5 heteroatoms. The van der Waals surface area contributed by atoms with E-state index in [1.54, 1.807) is 20.8 Å². The van der Waals surface area contributed by atoms with E-state index in [0.29, 0.717) is 0 Å². The smallest absolute Gasteiger partial charge is 0.246 e. The van der Waals surface area contributed by atoms with Crippen LogP contribution in [-0.2, 0) is 19.2 Å². The zero-order chi connectivity index (χ0) is 18.6. The van der Waals surface area contributed by atoms with Crippen LogP contribution in [0, 0.1) is 16.7 Å². The van der Waals surface area contributed by atoms with Crippen LogP contribution in [0.2, 0.25) is 0 Å². The highest BCUT2D eigenvalue weighted by Crippen LogP contribution is 2.30. The van der Waals surface area contributed by atoms with E-state index in [1.807, 2.05) is 41.5 Å². The third-order valence-corrected chi connectivity index (χ3v) is 3.66. The topological polar surface area (TPSA) is 72.5 Å². The van der Waals surface area contributed by atoms with Crippen LogP contribution >= 0.6 is 0 Å². The standard InChI is InChI=1S/C18H33NO4/c1-12(2)15(22)19-23-18(9,10-13(20)16(3,4)5)11-14(21)17(6,7)8/h12H,10-11H2,1-9H3,(H,19,22). The maximum Gasteiger partial charge on any atom is 0.246 e. The summed E-state index contributed by atoms with van der Waals surface area (Å²) in [4.78, 5) is 42.1. The number of nitrogens with one attached hydrogen (secondary N) is 1. The van der Waals surface area contributed by atoms with Crippen LogP contribution in [0.3, 0.4) is 0 Å². The van der Waals surface area contributed by atoms with Crippen molar-refractivity contribution in [2.75, 3.05) is 0 Å². The minimum atomic E-state index is -1.06. The zero-order valence-electron chi connectivity index (χ0n) is 16.1. The molecular weight excluding hydrogens is 294 g/mol. The molecule has 0 saturated carbocycles. The van der Waals surface area contributed by atoms with Crippen LogP contribution in [0.1, 0.15) is 75.2 Å². The Labute approximate surface area is 140 Å². The molecule has 134 valence electrons. The van der Waals surface area contributed by atoms with Crippen LogP contribution in [0.25, 0.3) is 0 Å². The molecule has 0 radical (unpaired) electrons. The second kappa shape index (κ2) is 7.56. The number of carbonyl (C=O) groups excluding carboxylic acids is 3. The van der Waals surface area contributed by atoms with Gasteiger partial charge in [0.1, 0.15) is 17.2 Å². The summed E-state index contributed by atoms with van der Waals surface area (Å²) in [6, 6.07) is 0. The first-order chi connectivity index (χ1) is 10.1. The molecule has 0 aliphatic carbocycles. The molecule has 0 aromatic carbocycles. The lowest BCUT2D eigenvalue weighted by Gasteiger charge is -2.33. The molecule has 5 nitrogen and oxygen atoms in total. The molecule has 23 heavy (non-hydrogen) atoms. The number of ketones is 2. The number of rotatable bonds is 7. The van der Waals surface area contributed by atoms with Gasteiger partial charge >= 0.3 is 0 Å². The maximum atomic E-state index is 12.4. The minimum Gasteiger partial charge on any atom is -0.299 e. The van der Waals surface area contributed by atoms with E-state index in [1.165, 1.54) is 0 Å². The molecule has 0 heterocycles. The average molecular weight is 327 g/mol. The minimum absolute atomic E-state index is 0.0134. The van der Waals surface area contributed by atoms with E-state index in [0.717, 1.165) is 0 Å². The molecule has 0 aliphatic heterocycles. The summed E-state index contributed by atoms with van der Waals surface area (Å²) in [6.45, 7) is 16.2. The first-order valence-electron chi connectivity index (χ1n) is 8.13. The molecule has 0 spiro atoms. The Morgan fingerprint density at radius 1 is 0.826 bits per heavy atom. The Morgan fingerprint density at radius 3 is 1.43 bits per heavy atom. The maximum absolute atomic E-state index is 12.4. The van der Waals surface area contributed by atoms with Gasteiger partial charge in [0, 0.05) is 29.6 Å². The summed E-state index contributed by atoms with van der Waals surface area (Å²) >= 11 is 0. The van der Waals surface area contributed by atoms with Crippen molar-refractivity contribution in [3.63, 3.8) is 0 Å². The molecule has 0 bridgehead atoms. The third kappa shape index (κ3) is 7.73. The van der Waals surface area contributed by atoms with Crippen molar-refractivity contribution in [3.8, 4) is 0 Å². The van der Waals surface area contributed by atoms with E-state index in [4.69, 9.17) is 4.84 Å². The molecule has 0 rings (SSSR count). The fourth-order valence-electron chi connectivity index (χ4n) is 1.64. The predicted molar refractivity (Wildman–Crippen MR) is 90.6 cm³/mol. The molecule has 1 amide bonds. The van der Waals surface area contributed by atoms with Gasteiger partial charge in [-0.3, -0.25) is 19.2 Å². The fourth-order valence-corrected chi connectivity index (χ4v) is 1.64. The molecule has 0 saturated heterocycles. The van der Waals surface area contributed by atoms with Crippen LogP contribution in [-0.4, -0.2) is 23.1 Å². The van der Waals surface area contributed by atoms with Crippen molar-refractivity contribution < 1.29 is 19.2 Å². The van der Waals surface area contributed by atoms with E-state index in [9.17, 15) is 14.4 Å². The van der Waals surface area contributed by atoms with Gasteiger partial charge in [-0.15, -0.1) is 0 Å². The second-order valence-corrected chi connectivity index (χ2v) is 8.87. The van der Waals surface area contributed by atoms with Gasteiger partial charge in [0.2, 0.25) is 5.91 Å². The molecule has 0 aliphatic rings. The Hall–Kier alpha value is -1.23. The second-order valence-electron chi connectivity index (χ2n) is 8.87. The quantitative estimate of drug-likeness (QED) is 0.727. The highest BCUT2D eigenvalue weighted by Gasteiger charge is 2.38. The van der Waals surface area contributed by atoms with E-state index < -0.39 is 16.4 Å². The van der Waals surface area contributed by atoms with Crippen molar-refractivity contribution in [3.05, 3.63) is 0 Å². The van der Waals surface area contributed by atoms with E-state index in [-0.39, 0.29) is 36.2 Å². The van der Waals surface area contributed by atoms with Crippen LogP contribution < -0.4 is 5.48 Å². The lowest BCUT2D eigenvalue weighted by Crippen LogP contribution is -2.45. The lowest BCUT2D eigenvalue weighted by atomic mass is 9.78. The van der Waals surface area contributed by atoms with Crippen molar-refractivity contribution in [1.82, 2.24) is 5.48 Å². The lowest BCUT2D eigenvalue weighted by molar-refractivity contribution is -0.164. The van der Waals surface area contributed by atoms with Crippen molar-refractivity contribution >= 4 is 17.5 Å². The number of carbonyl (C=O) groups is 3. The number of Topliss-reactive ketones (excluding diaryl/α,β-unsaturated/α-hetero) is 2.